The fourth-order valence-corrected chi connectivity index (χ4v) is 1.51. The summed E-state index contributed by atoms with van der Waals surface area (Å²) < 4.78 is 0. The van der Waals surface area contributed by atoms with Gasteiger partial charge in [0.05, 0.1) is 5.25 Å². The van der Waals surface area contributed by atoms with Gasteiger partial charge in [-0.3, -0.25) is 9.59 Å². The summed E-state index contributed by atoms with van der Waals surface area (Å²) in [4.78, 5) is 21.6. The molecule has 0 saturated heterocycles. The number of nitrogens with one attached hydrogen (secondary N) is 1. The molecule has 0 radical (unpaired) electrons. The first-order chi connectivity index (χ1) is 7.57. The minimum atomic E-state index is -0.734. The van der Waals surface area contributed by atoms with Crippen molar-refractivity contribution in [3.8, 4) is 0 Å². The SMILES string of the molecule is CSC(C)C(=O)NCCCCCCC(=O)O. The van der Waals surface area contributed by atoms with Crippen LogP contribution in [0.2, 0.25) is 0 Å². The molecule has 0 bridgehead atoms. The summed E-state index contributed by atoms with van der Waals surface area (Å²) in [5, 5.41) is 11.3. The summed E-state index contributed by atoms with van der Waals surface area (Å²) in [6.45, 7) is 2.57. The molecule has 1 amide bonds. The molecule has 1 unspecified atom stereocenters. The number of amides is 1. The summed E-state index contributed by atoms with van der Waals surface area (Å²) in [5.41, 5.74) is 0. The summed E-state index contributed by atoms with van der Waals surface area (Å²) >= 11 is 1.53. The summed E-state index contributed by atoms with van der Waals surface area (Å²) in [6.07, 6.45) is 5.70. The van der Waals surface area contributed by atoms with Crippen LogP contribution in [0.1, 0.15) is 39.0 Å². The molecule has 0 aromatic heterocycles. The van der Waals surface area contributed by atoms with E-state index >= 15 is 0 Å². The third-order valence-corrected chi connectivity index (χ3v) is 3.26. The minimum absolute atomic E-state index is 0.00649. The molecule has 0 heterocycles. The summed E-state index contributed by atoms with van der Waals surface area (Å²) in [6, 6.07) is 0. The first kappa shape index (κ1) is 15.3. The second kappa shape index (κ2) is 9.51. The Morgan fingerprint density at radius 3 is 2.44 bits per heavy atom. The van der Waals surface area contributed by atoms with Crippen molar-refractivity contribution in [3.63, 3.8) is 0 Å². The zero-order valence-electron chi connectivity index (χ0n) is 9.99. The Balaban J connectivity index is 3.27. The van der Waals surface area contributed by atoms with E-state index in [1.807, 2.05) is 13.2 Å². The van der Waals surface area contributed by atoms with Gasteiger partial charge in [-0.25, -0.2) is 0 Å². The zero-order chi connectivity index (χ0) is 12.4. The van der Waals surface area contributed by atoms with Crippen LogP contribution in [0.5, 0.6) is 0 Å². The number of aliphatic carboxylic acids is 1. The van der Waals surface area contributed by atoms with Crippen LogP contribution in [-0.2, 0) is 9.59 Å². The largest absolute Gasteiger partial charge is 0.481 e. The number of carbonyl (C=O) groups is 2. The van der Waals surface area contributed by atoms with Crippen molar-refractivity contribution in [3.05, 3.63) is 0 Å². The molecule has 2 N–H and O–H groups in total. The number of unbranched alkanes of at least 4 members (excludes halogenated alkanes) is 3. The van der Waals surface area contributed by atoms with E-state index in [2.05, 4.69) is 5.32 Å². The normalized spacial score (nSPS) is 12.1. The van der Waals surface area contributed by atoms with Gasteiger partial charge >= 0.3 is 5.97 Å². The molecule has 0 aromatic carbocycles. The zero-order valence-corrected chi connectivity index (χ0v) is 10.8. The second-order valence-electron chi connectivity index (χ2n) is 3.73. The van der Waals surface area contributed by atoms with Crippen molar-refractivity contribution in [2.24, 2.45) is 0 Å². The van der Waals surface area contributed by atoms with E-state index < -0.39 is 5.97 Å². The van der Waals surface area contributed by atoms with Gasteiger partial charge in [0.1, 0.15) is 0 Å². The third-order valence-electron chi connectivity index (χ3n) is 2.34. The van der Waals surface area contributed by atoms with Crippen molar-refractivity contribution in [2.75, 3.05) is 12.8 Å². The maximum atomic E-state index is 11.3. The third kappa shape index (κ3) is 8.59. The maximum absolute atomic E-state index is 11.3. The van der Waals surface area contributed by atoms with E-state index in [0.717, 1.165) is 25.7 Å². The van der Waals surface area contributed by atoms with Crippen molar-refractivity contribution in [1.82, 2.24) is 5.32 Å². The molecule has 0 spiro atoms. The van der Waals surface area contributed by atoms with Gasteiger partial charge < -0.3 is 10.4 Å². The van der Waals surface area contributed by atoms with Crippen LogP contribution < -0.4 is 5.32 Å². The molecule has 0 aliphatic heterocycles. The van der Waals surface area contributed by atoms with Gasteiger partial charge in [-0.2, -0.15) is 11.8 Å². The smallest absolute Gasteiger partial charge is 0.303 e. The van der Waals surface area contributed by atoms with Gasteiger partial charge in [0.2, 0.25) is 5.91 Å². The van der Waals surface area contributed by atoms with Gasteiger partial charge in [0, 0.05) is 13.0 Å². The van der Waals surface area contributed by atoms with E-state index in [0.29, 0.717) is 6.54 Å². The highest BCUT2D eigenvalue weighted by Crippen LogP contribution is 2.05. The minimum Gasteiger partial charge on any atom is -0.481 e. The Hall–Kier alpha value is -0.710. The highest BCUT2D eigenvalue weighted by atomic mass is 32.2. The number of carbonyl (C=O) groups excluding carboxylic acids is 1. The van der Waals surface area contributed by atoms with E-state index in [1.165, 1.54) is 11.8 Å². The van der Waals surface area contributed by atoms with Gasteiger partial charge in [-0.15, -0.1) is 0 Å². The van der Waals surface area contributed by atoms with Crippen LogP contribution in [0.4, 0.5) is 0 Å². The molecule has 16 heavy (non-hydrogen) atoms. The van der Waals surface area contributed by atoms with Crippen molar-refractivity contribution < 1.29 is 14.7 Å². The Morgan fingerprint density at radius 1 is 1.25 bits per heavy atom. The van der Waals surface area contributed by atoms with Crippen LogP contribution in [-0.4, -0.2) is 35.0 Å². The number of carboxylic acids is 1. The summed E-state index contributed by atoms with van der Waals surface area (Å²) in [7, 11) is 0. The second-order valence-corrected chi connectivity index (χ2v) is 4.91. The first-order valence-corrected chi connectivity index (χ1v) is 6.89. The topological polar surface area (TPSA) is 66.4 Å². The van der Waals surface area contributed by atoms with Gasteiger partial charge in [-0.1, -0.05) is 12.8 Å². The van der Waals surface area contributed by atoms with Gasteiger partial charge in [0.15, 0.2) is 0 Å². The fourth-order valence-electron chi connectivity index (χ4n) is 1.22. The number of rotatable bonds is 9. The highest BCUT2D eigenvalue weighted by molar-refractivity contribution is 7.99. The number of hydrogen-bond acceptors (Lipinski definition) is 3. The molecule has 4 nitrogen and oxygen atoms in total. The lowest BCUT2D eigenvalue weighted by atomic mass is 10.1. The van der Waals surface area contributed by atoms with Crippen LogP contribution in [0.15, 0.2) is 0 Å². The highest BCUT2D eigenvalue weighted by Gasteiger charge is 2.09. The lowest BCUT2D eigenvalue weighted by molar-refractivity contribution is -0.137. The van der Waals surface area contributed by atoms with Crippen molar-refractivity contribution >= 4 is 23.6 Å². The van der Waals surface area contributed by atoms with E-state index in [4.69, 9.17) is 5.11 Å². The van der Waals surface area contributed by atoms with E-state index in [9.17, 15) is 9.59 Å². The molecule has 1 atom stereocenters. The van der Waals surface area contributed by atoms with E-state index in [-0.39, 0.29) is 17.6 Å². The monoisotopic (exact) mass is 247 g/mol. The molecule has 0 saturated carbocycles. The molecular weight excluding hydrogens is 226 g/mol. The predicted octanol–water partition coefficient (Wildman–Crippen LogP) is 1.89. The predicted molar refractivity (Wildman–Crippen MR) is 66.7 cm³/mol. The van der Waals surface area contributed by atoms with Crippen molar-refractivity contribution in [1.29, 1.82) is 0 Å². The van der Waals surface area contributed by atoms with E-state index in [1.54, 1.807) is 0 Å². The fraction of sp³-hybridized carbons (Fsp3) is 0.818. The standard InChI is InChI=1S/C11H21NO3S/c1-9(16-2)11(15)12-8-6-4-3-5-7-10(13)14/h9H,3-8H2,1-2H3,(H,12,15)(H,13,14). The summed E-state index contributed by atoms with van der Waals surface area (Å²) in [5.74, 6) is -0.653. The molecule has 94 valence electrons. The van der Waals surface area contributed by atoms with Crippen LogP contribution in [0, 0.1) is 0 Å². The van der Waals surface area contributed by atoms with Crippen LogP contribution >= 0.6 is 11.8 Å². The maximum Gasteiger partial charge on any atom is 0.303 e. The van der Waals surface area contributed by atoms with Crippen LogP contribution in [0.25, 0.3) is 0 Å². The average molecular weight is 247 g/mol. The number of carboxylic acid groups (broad SMARTS) is 1. The number of thioether (sulfide) groups is 1. The lowest BCUT2D eigenvalue weighted by Crippen LogP contribution is -2.31. The lowest BCUT2D eigenvalue weighted by Gasteiger charge is -2.09. The Bertz CT molecular complexity index is 221. The molecule has 5 heteroatoms. The average Bonchev–Trinajstić information content (AvgIpc) is 2.25. The van der Waals surface area contributed by atoms with Crippen molar-refractivity contribution in [2.45, 2.75) is 44.3 Å². The Morgan fingerprint density at radius 2 is 1.88 bits per heavy atom. The Labute approximate surface area is 101 Å². The molecule has 0 aromatic rings. The first-order valence-electron chi connectivity index (χ1n) is 5.60. The molecular formula is C11H21NO3S. The number of hydrogen-bond donors (Lipinski definition) is 2. The van der Waals surface area contributed by atoms with Gasteiger partial charge in [-0.05, 0) is 26.0 Å². The Kier molecular flexibility index (Phi) is 9.09. The quantitative estimate of drug-likeness (QED) is 0.611. The molecule has 0 aliphatic rings. The van der Waals surface area contributed by atoms with Gasteiger partial charge in [0.25, 0.3) is 0 Å². The molecule has 0 fully saturated rings. The molecule has 0 rings (SSSR count). The van der Waals surface area contributed by atoms with Crippen LogP contribution in [0.3, 0.4) is 0 Å². The molecule has 0 aliphatic carbocycles.